The van der Waals surface area contributed by atoms with Crippen LogP contribution in [0.4, 0.5) is 13.2 Å². The normalized spacial score (nSPS) is 11.5. The molecule has 0 aliphatic rings. The average molecular weight is 427 g/mol. The molecule has 3 aromatic rings. The molecular weight excluding hydrogens is 413 g/mol. The summed E-state index contributed by atoms with van der Waals surface area (Å²) in [4.78, 5) is 4.42. The number of halogens is 4. The van der Waals surface area contributed by atoms with Crippen LogP contribution in [0.3, 0.4) is 0 Å². The third-order valence-corrected chi connectivity index (χ3v) is 4.14. The molecule has 4 nitrogen and oxygen atoms in total. The maximum absolute atomic E-state index is 12.1. The monoisotopic (exact) mass is 426 g/mol. The summed E-state index contributed by atoms with van der Waals surface area (Å²) in [6.45, 7) is 0.943. The van der Waals surface area contributed by atoms with E-state index in [1.165, 1.54) is 12.1 Å². The van der Waals surface area contributed by atoms with Crippen LogP contribution < -0.4 is 10.1 Å². The zero-order valence-electron chi connectivity index (χ0n) is 13.4. The molecule has 26 heavy (non-hydrogen) atoms. The van der Waals surface area contributed by atoms with E-state index in [2.05, 4.69) is 31.0 Å². The van der Waals surface area contributed by atoms with Gasteiger partial charge in [0.15, 0.2) is 0 Å². The summed E-state index contributed by atoms with van der Waals surface area (Å²) in [6, 6.07) is 13.3. The number of hydrogen-bond acceptors (Lipinski definition) is 4. The van der Waals surface area contributed by atoms with Crippen LogP contribution in [0.2, 0.25) is 0 Å². The van der Waals surface area contributed by atoms with E-state index >= 15 is 0 Å². The van der Waals surface area contributed by atoms with Crippen molar-refractivity contribution in [3.05, 3.63) is 70.5 Å². The van der Waals surface area contributed by atoms with Crippen molar-refractivity contribution in [2.75, 3.05) is 0 Å². The van der Waals surface area contributed by atoms with Crippen LogP contribution in [0.25, 0.3) is 11.5 Å². The van der Waals surface area contributed by atoms with E-state index in [0.29, 0.717) is 19.0 Å². The molecule has 1 heterocycles. The van der Waals surface area contributed by atoms with Gasteiger partial charge in [0.1, 0.15) is 12.0 Å². The Bertz CT molecular complexity index is 863. The third-order valence-electron chi connectivity index (χ3n) is 3.45. The minimum Gasteiger partial charge on any atom is -0.444 e. The van der Waals surface area contributed by atoms with E-state index in [1.54, 1.807) is 18.4 Å². The minimum absolute atomic E-state index is 0.240. The second kappa shape index (κ2) is 7.92. The maximum Gasteiger partial charge on any atom is 0.573 e. The molecule has 0 aliphatic heterocycles. The first kappa shape index (κ1) is 18.5. The summed E-state index contributed by atoms with van der Waals surface area (Å²) in [5.74, 6) is 0.277. The molecule has 0 unspecified atom stereocenters. The molecule has 0 saturated heterocycles. The fourth-order valence-electron chi connectivity index (χ4n) is 2.29. The number of ether oxygens (including phenoxy) is 1. The Kier molecular flexibility index (Phi) is 5.63. The highest BCUT2D eigenvalue weighted by Gasteiger charge is 2.30. The van der Waals surface area contributed by atoms with Gasteiger partial charge in [-0.3, -0.25) is 0 Å². The van der Waals surface area contributed by atoms with E-state index in [-0.39, 0.29) is 5.75 Å². The summed E-state index contributed by atoms with van der Waals surface area (Å²) < 4.78 is 46.6. The van der Waals surface area contributed by atoms with Crippen molar-refractivity contribution in [2.45, 2.75) is 19.5 Å². The van der Waals surface area contributed by atoms with Crippen molar-refractivity contribution in [1.82, 2.24) is 10.3 Å². The van der Waals surface area contributed by atoms with Gasteiger partial charge in [0.05, 0.1) is 11.3 Å². The number of alkyl halides is 3. The van der Waals surface area contributed by atoms with Gasteiger partial charge < -0.3 is 14.5 Å². The van der Waals surface area contributed by atoms with E-state index < -0.39 is 6.36 Å². The molecule has 136 valence electrons. The molecule has 3 rings (SSSR count). The summed E-state index contributed by atoms with van der Waals surface area (Å²) in [7, 11) is 0. The summed E-state index contributed by atoms with van der Waals surface area (Å²) in [6.07, 6.45) is -3.11. The fourth-order valence-corrected chi connectivity index (χ4v) is 2.74. The number of nitrogens with zero attached hydrogens (tertiary/aromatic N) is 1. The summed E-state index contributed by atoms with van der Waals surface area (Å²) in [5.41, 5.74) is 2.42. The zero-order valence-corrected chi connectivity index (χ0v) is 15.0. The van der Waals surface area contributed by atoms with Gasteiger partial charge in [-0.2, -0.15) is 0 Å². The number of oxazole rings is 1. The van der Waals surface area contributed by atoms with Gasteiger partial charge in [-0.25, -0.2) is 4.98 Å². The Balaban J connectivity index is 1.53. The first-order valence-electron chi connectivity index (χ1n) is 7.65. The van der Waals surface area contributed by atoms with Gasteiger partial charge in [-0.05, 0) is 45.8 Å². The molecule has 0 amide bonds. The van der Waals surface area contributed by atoms with Crippen LogP contribution in [0.15, 0.2) is 63.7 Å². The first-order valence-corrected chi connectivity index (χ1v) is 8.45. The van der Waals surface area contributed by atoms with Crippen molar-refractivity contribution in [3.8, 4) is 17.2 Å². The molecule has 0 aliphatic carbocycles. The summed E-state index contributed by atoms with van der Waals surface area (Å²) in [5, 5.41) is 3.17. The Labute approximate surface area is 156 Å². The van der Waals surface area contributed by atoms with E-state index in [1.807, 2.05) is 24.3 Å². The van der Waals surface area contributed by atoms with Gasteiger partial charge in [-0.15, -0.1) is 13.2 Å². The lowest BCUT2D eigenvalue weighted by atomic mass is 10.2. The van der Waals surface area contributed by atoms with Crippen LogP contribution in [0, 0.1) is 0 Å². The second-order valence-corrected chi connectivity index (χ2v) is 6.27. The maximum atomic E-state index is 12.1. The predicted molar refractivity (Wildman–Crippen MR) is 93.3 cm³/mol. The quantitative estimate of drug-likeness (QED) is 0.581. The van der Waals surface area contributed by atoms with Crippen LogP contribution in [-0.4, -0.2) is 11.3 Å². The van der Waals surface area contributed by atoms with Gasteiger partial charge >= 0.3 is 6.36 Å². The smallest absolute Gasteiger partial charge is 0.444 e. The molecule has 0 atom stereocenters. The fraction of sp³-hybridized carbons (Fsp3) is 0.167. The lowest BCUT2D eigenvalue weighted by Gasteiger charge is -2.09. The number of nitrogens with one attached hydrogen (secondary N) is 1. The molecule has 2 aromatic carbocycles. The van der Waals surface area contributed by atoms with Gasteiger partial charge in [0.2, 0.25) is 5.89 Å². The second-order valence-electron chi connectivity index (χ2n) is 5.42. The lowest BCUT2D eigenvalue weighted by Crippen LogP contribution is -2.17. The number of rotatable bonds is 6. The molecule has 1 aromatic heterocycles. The molecule has 0 fully saturated rings. The number of aromatic nitrogens is 1. The van der Waals surface area contributed by atoms with Crippen LogP contribution >= 0.6 is 15.9 Å². The largest absolute Gasteiger partial charge is 0.573 e. The molecular formula is C18H14BrF3N2O2. The lowest BCUT2D eigenvalue weighted by molar-refractivity contribution is -0.274. The van der Waals surface area contributed by atoms with E-state index in [0.717, 1.165) is 21.3 Å². The highest BCUT2D eigenvalue weighted by atomic mass is 79.9. The molecule has 8 heteroatoms. The zero-order chi connectivity index (χ0) is 18.6. The van der Waals surface area contributed by atoms with Crippen LogP contribution in [0.1, 0.15) is 11.3 Å². The average Bonchev–Trinajstić information content (AvgIpc) is 3.04. The van der Waals surface area contributed by atoms with E-state index in [4.69, 9.17) is 4.42 Å². The molecule has 1 N–H and O–H groups in total. The summed E-state index contributed by atoms with van der Waals surface area (Å²) >= 11 is 3.45. The minimum atomic E-state index is -4.68. The van der Waals surface area contributed by atoms with Gasteiger partial charge in [-0.1, -0.05) is 24.3 Å². The van der Waals surface area contributed by atoms with Crippen molar-refractivity contribution in [1.29, 1.82) is 0 Å². The number of benzene rings is 2. The Morgan fingerprint density at radius 2 is 1.77 bits per heavy atom. The van der Waals surface area contributed by atoms with Crippen LogP contribution in [0.5, 0.6) is 5.75 Å². The number of hydrogen-bond donors (Lipinski definition) is 1. The topological polar surface area (TPSA) is 47.3 Å². The van der Waals surface area contributed by atoms with Crippen molar-refractivity contribution in [3.63, 3.8) is 0 Å². The third kappa shape index (κ3) is 5.09. The predicted octanol–water partition coefficient (Wildman–Crippen LogP) is 5.29. The van der Waals surface area contributed by atoms with E-state index in [9.17, 15) is 13.2 Å². The molecule has 0 radical (unpaired) electrons. The Hall–Kier alpha value is -2.32. The van der Waals surface area contributed by atoms with Crippen molar-refractivity contribution < 1.29 is 22.3 Å². The highest BCUT2D eigenvalue weighted by molar-refractivity contribution is 9.10. The molecule has 0 spiro atoms. The van der Waals surface area contributed by atoms with Crippen molar-refractivity contribution in [2.24, 2.45) is 0 Å². The standard InChI is InChI=1S/C18H14BrF3N2O2/c19-16-4-2-1-3-15(16)17-24-13(11-25-17)10-23-9-12-5-7-14(8-6-12)26-18(20,21)22/h1-8,11,23H,9-10H2. The van der Waals surface area contributed by atoms with Gasteiger partial charge in [0, 0.05) is 17.6 Å². The SMILES string of the molecule is FC(F)(F)Oc1ccc(CNCc2coc(-c3ccccc3Br)n2)cc1. The van der Waals surface area contributed by atoms with Crippen molar-refractivity contribution >= 4 is 15.9 Å². The Morgan fingerprint density at radius 1 is 1.04 bits per heavy atom. The molecule has 0 bridgehead atoms. The Morgan fingerprint density at radius 3 is 2.46 bits per heavy atom. The highest BCUT2D eigenvalue weighted by Crippen LogP contribution is 2.27. The van der Waals surface area contributed by atoms with Gasteiger partial charge in [0.25, 0.3) is 0 Å². The molecule has 0 saturated carbocycles. The first-order chi connectivity index (χ1) is 12.4. The van der Waals surface area contributed by atoms with Crippen LogP contribution in [-0.2, 0) is 13.1 Å².